The van der Waals surface area contributed by atoms with Crippen LogP contribution >= 0.6 is 0 Å². The predicted molar refractivity (Wildman–Crippen MR) is 111 cm³/mol. The molecule has 152 valence electrons. The Morgan fingerprint density at radius 1 is 1.03 bits per heavy atom. The molecule has 0 bridgehead atoms. The molecule has 0 aliphatic heterocycles. The van der Waals surface area contributed by atoms with Crippen molar-refractivity contribution in [2.24, 2.45) is 0 Å². The Bertz CT molecular complexity index is 1030. The molecule has 0 aliphatic carbocycles. The summed E-state index contributed by atoms with van der Waals surface area (Å²) < 4.78 is 11.4. The Balaban J connectivity index is 1.68. The maximum absolute atomic E-state index is 12.7. The van der Waals surface area contributed by atoms with Crippen LogP contribution in [0.4, 0.5) is 0 Å². The first-order chi connectivity index (χ1) is 14.1. The van der Waals surface area contributed by atoms with Gasteiger partial charge in [0.25, 0.3) is 11.5 Å². The van der Waals surface area contributed by atoms with Crippen LogP contribution in [-0.2, 0) is 11.3 Å². The molecule has 0 atom stereocenters. The molecule has 0 spiro atoms. The maximum Gasteiger partial charge on any atom is 0.260 e. The van der Waals surface area contributed by atoms with Gasteiger partial charge in [-0.25, -0.2) is 4.98 Å². The lowest BCUT2D eigenvalue weighted by Crippen LogP contribution is -2.35. The van der Waals surface area contributed by atoms with Crippen LogP contribution < -0.4 is 15.0 Å². The van der Waals surface area contributed by atoms with E-state index in [1.54, 1.807) is 29.2 Å². The van der Waals surface area contributed by atoms with Gasteiger partial charge in [-0.3, -0.25) is 9.59 Å². The average molecular weight is 395 g/mol. The predicted octanol–water partition coefficient (Wildman–Crippen LogP) is 3.14. The van der Waals surface area contributed by atoms with Crippen molar-refractivity contribution in [2.45, 2.75) is 26.8 Å². The Labute approximate surface area is 169 Å². The summed E-state index contributed by atoms with van der Waals surface area (Å²) in [4.78, 5) is 33.7. The summed E-state index contributed by atoms with van der Waals surface area (Å²) >= 11 is 0. The van der Waals surface area contributed by atoms with Gasteiger partial charge >= 0.3 is 0 Å². The zero-order chi connectivity index (χ0) is 20.6. The van der Waals surface area contributed by atoms with Crippen LogP contribution in [0.1, 0.15) is 26.1 Å². The minimum absolute atomic E-state index is 0.127. The minimum atomic E-state index is -0.215. The zero-order valence-corrected chi connectivity index (χ0v) is 16.7. The molecule has 3 aromatic rings. The summed E-state index contributed by atoms with van der Waals surface area (Å²) in [5.41, 5.74) is 0.389. The third-order valence-corrected chi connectivity index (χ3v) is 4.40. The molecule has 0 radical (unpaired) electrons. The summed E-state index contributed by atoms with van der Waals surface area (Å²) in [5, 5.41) is 0.526. The van der Waals surface area contributed by atoms with Crippen molar-refractivity contribution in [1.29, 1.82) is 0 Å². The summed E-state index contributed by atoms with van der Waals surface area (Å²) in [7, 11) is 0. The molecule has 3 rings (SSSR count). The molecule has 0 fully saturated rings. The molecular weight excluding hydrogens is 370 g/mol. The van der Waals surface area contributed by atoms with Gasteiger partial charge in [-0.05, 0) is 37.6 Å². The summed E-state index contributed by atoms with van der Waals surface area (Å²) in [6.07, 6.45) is 0.883. The number of hydrogen-bond acceptors (Lipinski definition) is 5. The van der Waals surface area contributed by atoms with Crippen LogP contribution in [-0.4, -0.2) is 40.5 Å². The van der Waals surface area contributed by atoms with E-state index >= 15 is 0 Å². The number of nitrogens with zero attached hydrogens (tertiary/aromatic N) is 2. The van der Waals surface area contributed by atoms with Crippen molar-refractivity contribution in [3.63, 3.8) is 0 Å². The number of aromatic nitrogens is 2. The van der Waals surface area contributed by atoms with Gasteiger partial charge < -0.3 is 19.4 Å². The summed E-state index contributed by atoms with van der Waals surface area (Å²) in [5.74, 6) is 1.39. The lowest BCUT2D eigenvalue weighted by Gasteiger charge is -2.21. The largest absolute Gasteiger partial charge is 0.490 e. The third kappa shape index (κ3) is 5.13. The smallest absolute Gasteiger partial charge is 0.260 e. The van der Waals surface area contributed by atoms with E-state index < -0.39 is 0 Å². The van der Waals surface area contributed by atoms with E-state index in [4.69, 9.17) is 9.47 Å². The van der Waals surface area contributed by atoms with Gasteiger partial charge in [0.05, 0.1) is 24.1 Å². The second kappa shape index (κ2) is 9.73. The van der Waals surface area contributed by atoms with Crippen LogP contribution in [0.2, 0.25) is 0 Å². The number of hydrogen-bond donors (Lipinski definition) is 1. The maximum atomic E-state index is 12.7. The molecule has 2 aromatic carbocycles. The molecule has 7 nitrogen and oxygen atoms in total. The van der Waals surface area contributed by atoms with Crippen LogP contribution in [0.15, 0.2) is 53.3 Å². The lowest BCUT2D eigenvalue weighted by molar-refractivity contribution is -0.133. The van der Waals surface area contributed by atoms with Crippen molar-refractivity contribution in [1.82, 2.24) is 14.9 Å². The highest BCUT2D eigenvalue weighted by atomic mass is 16.5. The van der Waals surface area contributed by atoms with E-state index in [-0.39, 0.29) is 24.6 Å². The molecule has 1 heterocycles. The van der Waals surface area contributed by atoms with E-state index in [2.05, 4.69) is 9.97 Å². The second-order valence-corrected chi connectivity index (χ2v) is 6.52. The minimum Gasteiger partial charge on any atom is -0.490 e. The quantitative estimate of drug-likeness (QED) is 0.602. The van der Waals surface area contributed by atoms with Gasteiger partial charge in [-0.2, -0.15) is 0 Å². The van der Waals surface area contributed by atoms with Gasteiger partial charge in [0.15, 0.2) is 18.1 Å². The van der Waals surface area contributed by atoms with Crippen molar-refractivity contribution in [3.8, 4) is 11.5 Å². The highest BCUT2D eigenvalue weighted by Crippen LogP contribution is 2.26. The first kappa shape index (κ1) is 20.4. The molecule has 7 heteroatoms. The number of nitrogens with one attached hydrogen (secondary N) is 1. The lowest BCUT2D eigenvalue weighted by atomic mass is 10.2. The average Bonchev–Trinajstić information content (AvgIpc) is 2.75. The number of fused-ring (bicyclic) bond motifs is 1. The molecule has 0 unspecified atom stereocenters. The number of carbonyl (C=O) groups excluding carboxylic acids is 1. The number of likely N-dealkylation sites (N-methyl/N-ethyl adjacent to an activating group) is 1. The first-order valence-corrected chi connectivity index (χ1v) is 9.72. The fraction of sp³-hybridized carbons (Fsp3) is 0.318. The molecule has 0 saturated heterocycles. The Hall–Kier alpha value is -3.35. The molecule has 29 heavy (non-hydrogen) atoms. The highest BCUT2D eigenvalue weighted by Gasteiger charge is 2.16. The van der Waals surface area contributed by atoms with Crippen molar-refractivity contribution in [3.05, 3.63) is 64.7 Å². The Morgan fingerprint density at radius 2 is 1.72 bits per heavy atom. The fourth-order valence-electron chi connectivity index (χ4n) is 2.90. The standard InChI is InChI=1S/C22H25N3O4/c1-3-13-28-18-11-7-8-12-19(18)29-15-21(26)25(4-2)14-20-23-17-10-6-5-9-16(17)22(27)24-20/h5-12H,3-4,13-15H2,1-2H3,(H,23,24,27). The van der Waals surface area contributed by atoms with Gasteiger partial charge in [-0.15, -0.1) is 0 Å². The Kier molecular flexibility index (Phi) is 6.84. The van der Waals surface area contributed by atoms with Crippen molar-refractivity contribution in [2.75, 3.05) is 19.8 Å². The van der Waals surface area contributed by atoms with Gasteiger partial charge in [0.2, 0.25) is 0 Å². The number of carbonyl (C=O) groups is 1. The van der Waals surface area contributed by atoms with E-state index in [0.717, 1.165) is 6.42 Å². The topological polar surface area (TPSA) is 84.5 Å². The van der Waals surface area contributed by atoms with Crippen LogP contribution in [0.3, 0.4) is 0 Å². The van der Waals surface area contributed by atoms with Gasteiger partial charge in [-0.1, -0.05) is 31.2 Å². The monoisotopic (exact) mass is 395 g/mol. The SMILES string of the molecule is CCCOc1ccccc1OCC(=O)N(CC)Cc1nc2ccccc2c(=O)[nH]1. The molecule has 1 amide bonds. The van der Waals surface area contributed by atoms with Crippen LogP contribution in [0.25, 0.3) is 10.9 Å². The summed E-state index contributed by atoms with van der Waals surface area (Å²) in [6, 6.07) is 14.4. The fourth-order valence-corrected chi connectivity index (χ4v) is 2.90. The molecule has 0 saturated carbocycles. The van der Waals surface area contributed by atoms with E-state index in [9.17, 15) is 9.59 Å². The second-order valence-electron chi connectivity index (χ2n) is 6.52. The van der Waals surface area contributed by atoms with Crippen LogP contribution in [0, 0.1) is 0 Å². The first-order valence-electron chi connectivity index (χ1n) is 9.72. The van der Waals surface area contributed by atoms with E-state index in [1.807, 2.05) is 38.1 Å². The molecule has 1 N–H and O–H groups in total. The molecule has 1 aromatic heterocycles. The summed E-state index contributed by atoms with van der Waals surface area (Å²) in [6.45, 7) is 5.01. The number of aromatic amines is 1. The zero-order valence-electron chi connectivity index (χ0n) is 16.7. The number of para-hydroxylation sites is 3. The highest BCUT2D eigenvalue weighted by molar-refractivity contribution is 5.78. The number of benzene rings is 2. The van der Waals surface area contributed by atoms with E-state index in [0.29, 0.717) is 41.4 Å². The van der Waals surface area contributed by atoms with E-state index in [1.165, 1.54) is 0 Å². The van der Waals surface area contributed by atoms with Gasteiger partial charge in [0.1, 0.15) is 5.82 Å². The Morgan fingerprint density at radius 3 is 2.45 bits per heavy atom. The number of amides is 1. The van der Waals surface area contributed by atoms with Crippen molar-refractivity contribution >= 4 is 16.8 Å². The number of rotatable bonds is 9. The third-order valence-electron chi connectivity index (χ3n) is 4.40. The molecule has 0 aliphatic rings. The number of H-pyrrole nitrogens is 1. The normalized spacial score (nSPS) is 10.7. The van der Waals surface area contributed by atoms with Gasteiger partial charge in [0, 0.05) is 6.54 Å². The van der Waals surface area contributed by atoms with Crippen molar-refractivity contribution < 1.29 is 14.3 Å². The molecular formula is C22H25N3O4. The number of ether oxygens (including phenoxy) is 2. The van der Waals surface area contributed by atoms with Crippen LogP contribution in [0.5, 0.6) is 11.5 Å².